The Morgan fingerprint density at radius 2 is 2.33 bits per heavy atom. The number of carbonyl (C=O) groups excluding carboxylic acids is 1. The number of aliphatic carboxylic acids is 1. The number of aryl methyl sites for hydroxylation is 1. The number of hydrogen-bond acceptors (Lipinski definition) is 5. The first-order chi connectivity index (χ1) is 10.1. The molecule has 1 aromatic heterocycles. The standard InChI is InChI=1S/C14H17NO4S2/c16-13(17)6-10-7-15(2-3-19-10)14(18)12-5-9-8-20-4-1-11(9)21-12/h5,10H,1-4,6-8H2,(H,16,17). The third kappa shape index (κ3) is 3.41. The Morgan fingerprint density at radius 3 is 3.10 bits per heavy atom. The molecular formula is C14H17NO4S2. The van der Waals surface area contributed by atoms with Crippen molar-refractivity contribution in [3.63, 3.8) is 0 Å². The zero-order valence-corrected chi connectivity index (χ0v) is 13.2. The zero-order valence-electron chi connectivity index (χ0n) is 11.5. The number of carboxylic acid groups (broad SMARTS) is 1. The summed E-state index contributed by atoms with van der Waals surface area (Å²) in [6, 6.07) is 2.01. The fraction of sp³-hybridized carbons (Fsp3) is 0.571. The molecule has 7 heteroatoms. The summed E-state index contributed by atoms with van der Waals surface area (Å²) < 4.78 is 5.41. The summed E-state index contributed by atoms with van der Waals surface area (Å²) in [5, 5.41) is 8.83. The minimum Gasteiger partial charge on any atom is -0.481 e. The Balaban J connectivity index is 1.69. The number of morpholine rings is 1. The van der Waals surface area contributed by atoms with E-state index in [0.717, 1.165) is 22.8 Å². The van der Waals surface area contributed by atoms with Crippen molar-refractivity contribution in [2.24, 2.45) is 0 Å². The van der Waals surface area contributed by atoms with Crippen LogP contribution in [0.4, 0.5) is 0 Å². The van der Waals surface area contributed by atoms with E-state index in [0.29, 0.717) is 19.7 Å². The molecule has 5 nitrogen and oxygen atoms in total. The smallest absolute Gasteiger partial charge is 0.306 e. The second-order valence-corrected chi connectivity index (χ2v) is 7.45. The Kier molecular flexibility index (Phi) is 4.51. The van der Waals surface area contributed by atoms with E-state index in [1.54, 1.807) is 16.2 Å². The molecule has 0 aliphatic carbocycles. The largest absolute Gasteiger partial charge is 0.481 e. The molecule has 0 spiro atoms. The molecule has 1 fully saturated rings. The summed E-state index contributed by atoms with van der Waals surface area (Å²) in [7, 11) is 0. The number of rotatable bonds is 3. The lowest BCUT2D eigenvalue weighted by atomic mass is 10.2. The lowest BCUT2D eigenvalue weighted by molar-refractivity contribution is -0.141. The summed E-state index contributed by atoms with van der Waals surface area (Å²) in [5.74, 6) is 1.24. The molecule has 21 heavy (non-hydrogen) atoms. The van der Waals surface area contributed by atoms with Crippen molar-refractivity contribution in [2.45, 2.75) is 24.7 Å². The van der Waals surface area contributed by atoms with E-state index in [9.17, 15) is 9.59 Å². The number of thioether (sulfide) groups is 1. The van der Waals surface area contributed by atoms with Crippen LogP contribution in [0.3, 0.4) is 0 Å². The fourth-order valence-corrected chi connectivity index (χ4v) is 4.97. The van der Waals surface area contributed by atoms with Gasteiger partial charge >= 0.3 is 5.97 Å². The molecule has 0 radical (unpaired) electrons. The summed E-state index contributed by atoms with van der Waals surface area (Å²) in [5.41, 5.74) is 1.29. The van der Waals surface area contributed by atoms with E-state index in [1.807, 2.05) is 17.8 Å². The SMILES string of the molecule is O=C(O)CC1CN(C(=O)c2cc3c(s2)CCSC3)CCO1. The molecule has 1 atom stereocenters. The number of fused-ring (bicyclic) bond motifs is 1. The van der Waals surface area contributed by atoms with E-state index >= 15 is 0 Å². The lowest BCUT2D eigenvalue weighted by Crippen LogP contribution is -2.46. The molecule has 0 bridgehead atoms. The molecule has 1 amide bonds. The minimum absolute atomic E-state index is 0.0121. The maximum Gasteiger partial charge on any atom is 0.306 e. The van der Waals surface area contributed by atoms with Crippen LogP contribution in [0.5, 0.6) is 0 Å². The number of carboxylic acids is 1. The fourth-order valence-electron chi connectivity index (χ4n) is 2.63. The van der Waals surface area contributed by atoms with Gasteiger partial charge in [-0.15, -0.1) is 11.3 Å². The predicted octanol–water partition coefficient (Wildman–Crippen LogP) is 1.85. The molecule has 3 heterocycles. The first kappa shape index (κ1) is 14.9. The Morgan fingerprint density at radius 1 is 1.48 bits per heavy atom. The van der Waals surface area contributed by atoms with Crippen molar-refractivity contribution in [1.82, 2.24) is 4.90 Å². The van der Waals surface area contributed by atoms with E-state index in [1.165, 1.54) is 10.4 Å². The monoisotopic (exact) mass is 327 g/mol. The second-order valence-electron chi connectivity index (χ2n) is 5.20. The Hall–Kier alpha value is -1.05. The third-order valence-corrected chi connectivity index (χ3v) is 5.90. The summed E-state index contributed by atoms with van der Waals surface area (Å²) in [4.78, 5) is 27.2. The first-order valence-corrected chi connectivity index (χ1v) is 8.92. The predicted molar refractivity (Wildman–Crippen MR) is 82.1 cm³/mol. The van der Waals surface area contributed by atoms with Crippen molar-refractivity contribution >= 4 is 35.0 Å². The number of nitrogens with zero attached hydrogens (tertiary/aromatic N) is 1. The van der Waals surface area contributed by atoms with Gasteiger partial charge in [0.15, 0.2) is 0 Å². The van der Waals surface area contributed by atoms with E-state index in [2.05, 4.69) is 0 Å². The number of carbonyl (C=O) groups is 2. The quantitative estimate of drug-likeness (QED) is 0.918. The van der Waals surface area contributed by atoms with Crippen LogP contribution in [0.25, 0.3) is 0 Å². The summed E-state index contributed by atoms with van der Waals surface area (Å²) in [6.45, 7) is 1.30. The molecule has 1 saturated heterocycles. The normalized spacial score (nSPS) is 21.9. The highest BCUT2D eigenvalue weighted by atomic mass is 32.2. The van der Waals surface area contributed by atoms with E-state index in [-0.39, 0.29) is 12.3 Å². The van der Waals surface area contributed by atoms with Crippen LogP contribution in [-0.4, -0.2) is 53.4 Å². The van der Waals surface area contributed by atoms with Crippen LogP contribution in [0.15, 0.2) is 6.07 Å². The summed E-state index contributed by atoms with van der Waals surface area (Å²) >= 11 is 3.49. The van der Waals surface area contributed by atoms with Gasteiger partial charge in [0.1, 0.15) is 0 Å². The highest BCUT2D eigenvalue weighted by molar-refractivity contribution is 7.98. The molecule has 0 aromatic carbocycles. The number of thiophene rings is 1. The zero-order chi connectivity index (χ0) is 14.8. The van der Waals surface area contributed by atoms with Crippen LogP contribution < -0.4 is 0 Å². The van der Waals surface area contributed by atoms with Crippen molar-refractivity contribution in [3.05, 3.63) is 21.4 Å². The topological polar surface area (TPSA) is 66.8 Å². The van der Waals surface area contributed by atoms with Gasteiger partial charge in [0, 0.05) is 23.7 Å². The van der Waals surface area contributed by atoms with Gasteiger partial charge in [-0.25, -0.2) is 0 Å². The van der Waals surface area contributed by atoms with Gasteiger partial charge in [-0.05, 0) is 23.8 Å². The highest BCUT2D eigenvalue weighted by Gasteiger charge is 2.28. The van der Waals surface area contributed by atoms with Gasteiger partial charge in [-0.3, -0.25) is 9.59 Å². The molecule has 1 aromatic rings. The molecule has 1 N–H and O–H groups in total. The van der Waals surface area contributed by atoms with Crippen LogP contribution >= 0.6 is 23.1 Å². The Bertz CT molecular complexity index is 534. The maximum absolute atomic E-state index is 12.6. The lowest BCUT2D eigenvalue weighted by Gasteiger charge is -2.32. The van der Waals surface area contributed by atoms with E-state index < -0.39 is 12.1 Å². The maximum atomic E-state index is 12.6. The second kappa shape index (κ2) is 6.37. The van der Waals surface area contributed by atoms with Crippen LogP contribution in [0.1, 0.15) is 26.5 Å². The molecule has 114 valence electrons. The van der Waals surface area contributed by atoms with Gasteiger partial charge < -0.3 is 14.7 Å². The summed E-state index contributed by atoms with van der Waals surface area (Å²) in [6.07, 6.45) is 0.592. The van der Waals surface area contributed by atoms with Gasteiger partial charge in [-0.1, -0.05) is 0 Å². The van der Waals surface area contributed by atoms with Gasteiger partial charge in [0.2, 0.25) is 0 Å². The van der Waals surface area contributed by atoms with Crippen LogP contribution in [-0.2, 0) is 21.7 Å². The van der Waals surface area contributed by atoms with Crippen molar-refractivity contribution in [3.8, 4) is 0 Å². The molecule has 2 aliphatic rings. The molecule has 2 aliphatic heterocycles. The molecular weight excluding hydrogens is 310 g/mol. The molecule has 1 unspecified atom stereocenters. The minimum atomic E-state index is -0.891. The number of amides is 1. The van der Waals surface area contributed by atoms with E-state index in [4.69, 9.17) is 9.84 Å². The van der Waals surface area contributed by atoms with Crippen molar-refractivity contribution in [1.29, 1.82) is 0 Å². The van der Waals surface area contributed by atoms with Crippen molar-refractivity contribution < 1.29 is 19.4 Å². The van der Waals surface area contributed by atoms with Gasteiger partial charge in [-0.2, -0.15) is 11.8 Å². The van der Waals surface area contributed by atoms with Gasteiger partial charge in [0.05, 0.1) is 24.0 Å². The third-order valence-electron chi connectivity index (χ3n) is 3.67. The molecule has 0 saturated carbocycles. The molecule has 3 rings (SSSR count). The van der Waals surface area contributed by atoms with Gasteiger partial charge in [0.25, 0.3) is 5.91 Å². The average Bonchev–Trinajstić information content (AvgIpc) is 2.90. The van der Waals surface area contributed by atoms with Crippen molar-refractivity contribution in [2.75, 3.05) is 25.4 Å². The number of ether oxygens (including phenoxy) is 1. The number of hydrogen-bond donors (Lipinski definition) is 1. The van der Waals surface area contributed by atoms with Crippen LogP contribution in [0, 0.1) is 0 Å². The van der Waals surface area contributed by atoms with Crippen LogP contribution in [0.2, 0.25) is 0 Å². The highest BCUT2D eigenvalue weighted by Crippen LogP contribution is 2.32. The first-order valence-electron chi connectivity index (χ1n) is 6.95. The Labute approximate surface area is 131 Å². The average molecular weight is 327 g/mol.